The predicted octanol–water partition coefficient (Wildman–Crippen LogP) is 3.01. The molecule has 5 N–H and O–H groups in total. The first kappa shape index (κ1) is 17.7. The van der Waals surface area contributed by atoms with Crippen LogP contribution in [0, 0.1) is 0 Å². The molecule has 0 radical (unpaired) electrons. The van der Waals surface area contributed by atoms with Crippen molar-refractivity contribution in [2.24, 2.45) is 10.7 Å². The first-order chi connectivity index (χ1) is 12.1. The van der Waals surface area contributed by atoms with Crippen molar-refractivity contribution in [3.05, 3.63) is 40.5 Å². The molecule has 0 bridgehead atoms. The first-order valence-corrected chi connectivity index (χ1v) is 8.72. The van der Waals surface area contributed by atoms with Crippen LogP contribution >= 0.6 is 23.2 Å². The molecule has 9 heteroatoms. The number of rotatable bonds is 4. The molecule has 2 aromatic rings. The Balaban J connectivity index is 1.67. The van der Waals surface area contributed by atoms with Gasteiger partial charge in [-0.3, -0.25) is 0 Å². The van der Waals surface area contributed by atoms with Gasteiger partial charge in [0, 0.05) is 17.9 Å². The Morgan fingerprint density at radius 1 is 1.20 bits per heavy atom. The number of halogens is 2. The summed E-state index contributed by atoms with van der Waals surface area (Å²) in [5.74, 6) is 1.18. The van der Waals surface area contributed by atoms with Crippen molar-refractivity contribution in [1.82, 2.24) is 15.3 Å². The number of aromatic nitrogens is 2. The molecule has 3 rings (SSSR count). The van der Waals surface area contributed by atoms with Gasteiger partial charge in [0.25, 0.3) is 5.95 Å². The zero-order valence-corrected chi connectivity index (χ0v) is 15.0. The number of aliphatic imine (C=N–C) groups is 1. The molecule has 1 aromatic carbocycles. The fourth-order valence-corrected chi connectivity index (χ4v) is 2.81. The maximum atomic E-state index is 5.98. The van der Waals surface area contributed by atoms with Crippen LogP contribution in [0.15, 0.2) is 35.5 Å². The summed E-state index contributed by atoms with van der Waals surface area (Å²) >= 11 is 11.9. The minimum atomic E-state index is 0.164. The van der Waals surface area contributed by atoms with E-state index in [0.29, 0.717) is 21.8 Å². The summed E-state index contributed by atoms with van der Waals surface area (Å²) in [6.45, 7) is 2.02. The lowest BCUT2D eigenvalue weighted by Crippen LogP contribution is -2.35. The highest BCUT2D eigenvalue weighted by molar-refractivity contribution is 6.42. The highest BCUT2D eigenvalue weighted by Crippen LogP contribution is 2.25. The molecule has 132 valence electrons. The average molecular weight is 380 g/mol. The second-order valence-corrected chi connectivity index (χ2v) is 6.48. The lowest BCUT2D eigenvalue weighted by Gasteiger charge is -2.24. The van der Waals surface area contributed by atoms with E-state index in [1.807, 2.05) is 6.07 Å². The standard InChI is InChI=1S/C16H19Cl2N7/c17-12-2-1-11(9-13(12)18)23-15(19)25-16-21-8-5-14(24-16)22-10-3-6-20-7-4-10/h1-2,5,8-10,20H,3-4,6-7H2,(H4,19,21,22,23,24,25). The van der Waals surface area contributed by atoms with Gasteiger partial charge in [-0.25, -0.2) is 4.98 Å². The van der Waals surface area contributed by atoms with Crippen molar-refractivity contribution in [1.29, 1.82) is 0 Å². The maximum Gasteiger partial charge on any atom is 0.254 e. The van der Waals surface area contributed by atoms with Crippen molar-refractivity contribution in [2.75, 3.05) is 23.7 Å². The van der Waals surface area contributed by atoms with E-state index < -0.39 is 0 Å². The van der Waals surface area contributed by atoms with Crippen molar-refractivity contribution < 1.29 is 0 Å². The summed E-state index contributed by atoms with van der Waals surface area (Å²) < 4.78 is 0. The van der Waals surface area contributed by atoms with E-state index in [-0.39, 0.29) is 11.9 Å². The number of piperidine rings is 1. The van der Waals surface area contributed by atoms with Gasteiger partial charge in [0.1, 0.15) is 5.82 Å². The Bertz CT molecular complexity index is 760. The number of nitrogens with two attached hydrogens (primary N) is 1. The highest BCUT2D eigenvalue weighted by atomic mass is 35.5. The van der Waals surface area contributed by atoms with Crippen LogP contribution in [0.5, 0.6) is 0 Å². The molecule has 1 fully saturated rings. The van der Waals surface area contributed by atoms with Crippen LogP contribution in [-0.4, -0.2) is 35.1 Å². The number of nitrogens with one attached hydrogen (secondary N) is 3. The molecule has 0 unspecified atom stereocenters. The third-order valence-corrected chi connectivity index (χ3v) is 4.49. The number of guanidine groups is 1. The van der Waals surface area contributed by atoms with Gasteiger partial charge in [-0.15, -0.1) is 0 Å². The second-order valence-electron chi connectivity index (χ2n) is 5.66. The molecule has 0 amide bonds. The number of nitrogens with zero attached hydrogens (tertiary/aromatic N) is 3. The summed E-state index contributed by atoms with van der Waals surface area (Å²) in [6.07, 6.45) is 3.77. The minimum Gasteiger partial charge on any atom is -0.369 e. The topological polar surface area (TPSA) is 100 Å². The van der Waals surface area contributed by atoms with E-state index in [9.17, 15) is 0 Å². The smallest absolute Gasteiger partial charge is 0.254 e. The fraction of sp³-hybridized carbons (Fsp3) is 0.312. The lowest BCUT2D eigenvalue weighted by atomic mass is 10.1. The summed E-state index contributed by atoms with van der Waals surface area (Å²) in [5.41, 5.74) is 6.59. The van der Waals surface area contributed by atoms with E-state index in [1.54, 1.807) is 24.4 Å². The Morgan fingerprint density at radius 2 is 2.00 bits per heavy atom. The van der Waals surface area contributed by atoms with Crippen LogP contribution in [0.3, 0.4) is 0 Å². The van der Waals surface area contributed by atoms with Crippen LogP contribution in [0.1, 0.15) is 12.8 Å². The zero-order chi connectivity index (χ0) is 17.6. The van der Waals surface area contributed by atoms with Crippen LogP contribution in [0.2, 0.25) is 10.0 Å². The third kappa shape index (κ3) is 5.19. The Kier molecular flexibility index (Phi) is 5.91. The summed E-state index contributed by atoms with van der Waals surface area (Å²) in [7, 11) is 0. The molecular formula is C16H19Cl2N7. The summed E-state index contributed by atoms with van der Waals surface area (Å²) in [5, 5.41) is 10.6. The van der Waals surface area contributed by atoms with E-state index in [1.165, 1.54) is 0 Å². The fourth-order valence-electron chi connectivity index (χ4n) is 2.52. The van der Waals surface area contributed by atoms with Crippen molar-refractivity contribution >= 4 is 46.6 Å². The number of hydrogen-bond donors (Lipinski definition) is 4. The van der Waals surface area contributed by atoms with Gasteiger partial charge in [0.15, 0.2) is 0 Å². The van der Waals surface area contributed by atoms with Gasteiger partial charge in [-0.1, -0.05) is 23.2 Å². The molecule has 0 saturated carbocycles. The molecule has 0 aliphatic carbocycles. The van der Waals surface area contributed by atoms with E-state index >= 15 is 0 Å². The van der Waals surface area contributed by atoms with Gasteiger partial charge < -0.3 is 21.7 Å². The average Bonchev–Trinajstić information content (AvgIpc) is 2.59. The van der Waals surface area contributed by atoms with E-state index in [4.69, 9.17) is 28.9 Å². The summed E-state index contributed by atoms with van der Waals surface area (Å²) in [6, 6.07) is 7.33. The molecule has 1 aliphatic heterocycles. The van der Waals surface area contributed by atoms with Crippen LogP contribution in [0.25, 0.3) is 0 Å². The Labute approximate surface area is 156 Å². The van der Waals surface area contributed by atoms with Crippen LogP contribution in [0.4, 0.5) is 17.5 Å². The molecule has 0 atom stereocenters. The molecule has 1 saturated heterocycles. The molecule has 2 heterocycles. The van der Waals surface area contributed by atoms with Gasteiger partial charge in [0.2, 0.25) is 5.96 Å². The summed E-state index contributed by atoms with van der Waals surface area (Å²) in [4.78, 5) is 12.7. The normalized spacial score (nSPS) is 15.8. The minimum absolute atomic E-state index is 0.164. The second kappa shape index (κ2) is 8.33. The van der Waals surface area contributed by atoms with Crippen LogP contribution < -0.4 is 21.7 Å². The van der Waals surface area contributed by atoms with Crippen molar-refractivity contribution in [3.8, 4) is 0 Å². The first-order valence-electron chi connectivity index (χ1n) is 7.97. The predicted molar refractivity (Wildman–Crippen MR) is 103 cm³/mol. The number of benzene rings is 1. The highest BCUT2D eigenvalue weighted by Gasteiger charge is 2.13. The third-order valence-electron chi connectivity index (χ3n) is 3.75. The molecule has 0 spiro atoms. The van der Waals surface area contributed by atoms with Crippen molar-refractivity contribution in [2.45, 2.75) is 18.9 Å². The monoisotopic (exact) mass is 379 g/mol. The Morgan fingerprint density at radius 3 is 2.76 bits per heavy atom. The Hall–Kier alpha value is -2.09. The lowest BCUT2D eigenvalue weighted by molar-refractivity contribution is 0.478. The number of anilines is 2. The molecule has 1 aromatic heterocycles. The zero-order valence-electron chi connectivity index (χ0n) is 13.5. The van der Waals surface area contributed by atoms with Gasteiger partial charge in [-0.05, 0) is 50.2 Å². The molecule has 25 heavy (non-hydrogen) atoms. The quantitative estimate of drug-likeness (QED) is 0.481. The molecular weight excluding hydrogens is 361 g/mol. The van der Waals surface area contributed by atoms with Gasteiger partial charge in [-0.2, -0.15) is 9.98 Å². The van der Waals surface area contributed by atoms with Gasteiger partial charge in [0.05, 0.1) is 10.0 Å². The largest absolute Gasteiger partial charge is 0.369 e. The SMILES string of the molecule is NC(=Nc1nccc(NC2CCNCC2)n1)Nc1ccc(Cl)c(Cl)c1. The molecule has 1 aliphatic rings. The molecule has 7 nitrogen and oxygen atoms in total. The van der Waals surface area contributed by atoms with E-state index in [0.717, 1.165) is 31.7 Å². The maximum absolute atomic E-state index is 5.98. The van der Waals surface area contributed by atoms with E-state index in [2.05, 4.69) is 30.9 Å². The number of hydrogen-bond acceptors (Lipinski definition) is 5. The van der Waals surface area contributed by atoms with Crippen LogP contribution in [-0.2, 0) is 0 Å². The van der Waals surface area contributed by atoms with Crippen molar-refractivity contribution in [3.63, 3.8) is 0 Å². The van der Waals surface area contributed by atoms with Gasteiger partial charge >= 0.3 is 0 Å².